The molecule has 2 amide bonds. The van der Waals surface area contributed by atoms with Gasteiger partial charge in [-0.2, -0.15) is 10.1 Å². The maximum Gasteiger partial charge on any atom is 0.354 e. The van der Waals surface area contributed by atoms with Crippen molar-refractivity contribution in [1.82, 2.24) is 19.7 Å². The summed E-state index contributed by atoms with van der Waals surface area (Å²) >= 11 is 0. The van der Waals surface area contributed by atoms with Gasteiger partial charge in [-0.15, -0.1) is 0 Å². The molecule has 100 valence electrons. The van der Waals surface area contributed by atoms with E-state index in [1.165, 1.54) is 17.1 Å². The molecule has 0 saturated carbocycles. The summed E-state index contributed by atoms with van der Waals surface area (Å²) in [7, 11) is 1.62. The molecule has 9 heteroatoms. The monoisotopic (exact) mass is 264 g/mol. The van der Waals surface area contributed by atoms with Crippen LogP contribution in [0, 0.1) is 6.92 Å². The van der Waals surface area contributed by atoms with Gasteiger partial charge >= 0.3 is 12.0 Å². The number of hydrogen-bond acceptors (Lipinski definition) is 4. The molecule has 9 nitrogen and oxygen atoms in total. The second-order valence-electron chi connectivity index (χ2n) is 3.83. The summed E-state index contributed by atoms with van der Waals surface area (Å²) in [6, 6.07) is 0.928. The Kier molecular flexibility index (Phi) is 3.19. The topological polar surface area (TPSA) is 125 Å². The van der Waals surface area contributed by atoms with Crippen LogP contribution in [0.5, 0.6) is 0 Å². The zero-order valence-electron chi connectivity index (χ0n) is 10.3. The van der Waals surface area contributed by atoms with E-state index >= 15 is 0 Å². The Morgan fingerprint density at radius 2 is 2.16 bits per heavy atom. The molecule has 0 unspecified atom stereocenters. The minimum atomic E-state index is -1.15. The maximum atomic E-state index is 11.7. The van der Waals surface area contributed by atoms with Crippen molar-refractivity contribution in [2.75, 3.05) is 10.6 Å². The molecule has 4 N–H and O–H groups in total. The Morgan fingerprint density at radius 3 is 2.74 bits per heavy atom. The predicted octanol–water partition coefficient (Wildman–Crippen LogP) is 0.794. The number of carbonyl (C=O) groups excluding carboxylic acids is 1. The van der Waals surface area contributed by atoms with Gasteiger partial charge in [0.05, 0.1) is 5.69 Å². The lowest BCUT2D eigenvalue weighted by Gasteiger charge is -2.05. The van der Waals surface area contributed by atoms with Gasteiger partial charge in [-0.1, -0.05) is 0 Å². The largest absolute Gasteiger partial charge is 0.477 e. The number of urea groups is 1. The lowest BCUT2D eigenvalue weighted by atomic mass is 10.3. The highest BCUT2D eigenvalue weighted by atomic mass is 16.4. The van der Waals surface area contributed by atoms with Crippen molar-refractivity contribution in [3.8, 4) is 0 Å². The van der Waals surface area contributed by atoms with Gasteiger partial charge < -0.3 is 15.4 Å². The minimum Gasteiger partial charge on any atom is -0.477 e. The lowest BCUT2D eigenvalue weighted by Crippen LogP contribution is -2.22. The van der Waals surface area contributed by atoms with E-state index in [4.69, 9.17) is 5.11 Å². The summed E-state index contributed by atoms with van der Waals surface area (Å²) in [6.07, 6.45) is 1.29. The molecular weight excluding hydrogens is 252 g/mol. The second kappa shape index (κ2) is 4.80. The molecule has 2 aromatic rings. The van der Waals surface area contributed by atoms with Crippen LogP contribution in [-0.2, 0) is 7.05 Å². The third-order valence-corrected chi connectivity index (χ3v) is 2.35. The van der Waals surface area contributed by atoms with Crippen molar-refractivity contribution in [2.24, 2.45) is 7.05 Å². The van der Waals surface area contributed by atoms with Crippen LogP contribution < -0.4 is 10.6 Å². The summed E-state index contributed by atoms with van der Waals surface area (Å²) in [5.74, 6) is -0.899. The second-order valence-corrected chi connectivity index (χ2v) is 3.83. The Morgan fingerprint density at radius 1 is 1.42 bits per heavy atom. The van der Waals surface area contributed by atoms with Gasteiger partial charge in [0.25, 0.3) is 0 Å². The normalized spacial score (nSPS) is 10.2. The van der Waals surface area contributed by atoms with Gasteiger partial charge in [-0.3, -0.25) is 5.32 Å². The molecule has 0 saturated heterocycles. The Bertz CT molecular complexity index is 629. The zero-order valence-corrected chi connectivity index (χ0v) is 10.3. The maximum absolute atomic E-state index is 11.7. The molecule has 0 atom stereocenters. The molecule has 0 aliphatic rings. The van der Waals surface area contributed by atoms with Crippen LogP contribution >= 0.6 is 0 Å². The zero-order chi connectivity index (χ0) is 14.0. The molecule has 0 fully saturated rings. The van der Waals surface area contributed by atoms with Gasteiger partial charge in [0.15, 0.2) is 0 Å². The van der Waals surface area contributed by atoms with Crippen LogP contribution in [-0.4, -0.2) is 36.9 Å². The molecule has 0 aromatic carbocycles. The highest BCUT2D eigenvalue weighted by molar-refractivity contribution is 6.03. The number of nitrogens with zero attached hydrogens (tertiary/aromatic N) is 3. The summed E-state index contributed by atoms with van der Waals surface area (Å²) in [5.41, 5.74) is 0.738. The van der Waals surface area contributed by atoms with E-state index < -0.39 is 12.0 Å². The molecule has 0 bridgehead atoms. The van der Waals surface area contributed by atoms with Gasteiger partial charge in [0.1, 0.15) is 12.0 Å². The van der Waals surface area contributed by atoms with Crippen LogP contribution in [0.1, 0.15) is 16.2 Å². The summed E-state index contributed by atoms with van der Waals surface area (Å²) < 4.78 is 1.38. The lowest BCUT2D eigenvalue weighted by molar-refractivity contribution is 0.0692. The van der Waals surface area contributed by atoms with Gasteiger partial charge in [0.2, 0.25) is 5.95 Å². The van der Waals surface area contributed by atoms with Crippen LogP contribution in [0.4, 0.5) is 16.4 Å². The fourth-order valence-electron chi connectivity index (χ4n) is 1.52. The van der Waals surface area contributed by atoms with E-state index in [1.807, 2.05) is 0 Å². The van der Waals surface area contributed by atoms with E-state index in [0.29, 0.717) is 5.69 Å². The fourth-order valence-corrected chi connectivity index (χ4v) is 1.52. The first-order valence-electron chi connectivity index (χ1n) is 5.32. The highest BCUT2D eigenvalue weighted by Gasteiger charge is 2.16. The summed E-state index contributed by atoms with van der Waals surface area (Å²) in [5, 5.41) is 17.6. The van der Waals surface area contributed by atoms with Crippen LogP contribution in [0.3, 0.4) is 0 Å². The Balaban J connectivity index is 2.11. The molecule has 0 aliphatic carbocycles. The number of aromatic amines is 1. The number of aromatic nitrogens is 4. The third kappa shape index (κ3) is 2.70. The molecule has 19 heavy (non-hydrogen) atoms. The van der Waals surface area contributed by atoms with Gasteiger partial charge in [-0.05, 0) is 13.0 Å². The molecule has 2 heterocycles. The van der Waals surface area contributed by atoms with E-state index in [1.54, 1.807) is 14.0 Å². The summed E-state index contributed by atoms with van der Waals surface area (Å²) in [4.78, 5) is 29.1. The van der Waals surface area contributed by atoms with Crippen molar-refractivity contribution >= 4 is 23.6 Å². The average Bonchev–Trinajstić information content (AvgIpc) is 2.86. The highest BCUT2D eigenvalue weighted by Crippen LogP contribution is 2.17. The number of aryl methyl sites for hydroxylation is 2. The SMILES string of the molecule is Cc1cc(NC(=O)Nc2ncnn2C)c(C(=O)O)[nH]1. The quantitative estimate of drug-likeness (QED) is 0.652. The van der Waals surface area contributed by atoms with Crippen LogP contribution in [0.15, 0.2) is 12.4 Å². The molecule has 0 aliphatic heterocycles. The number of anilines is 2. The van der Waals surface area contributed by atoms with Crippen molar-refractivity contribution in [3.63, 3.8) is 0 Å². The third-order valence-electron chi connectivity index (χ3n) is 2.35. The van der Waals surface area contributed by atoms with Gasteiger partial charge in [-0.25, -0.2) is 14.3 Å². The first-order chi connectivity index (χ1) is 8.97. The van der Waals surface area contributed by atoms with E-state index in [-0.39, 0.29) is 17.3 Å². The van der Waals surface area contributed by atoms with Gasteiger partial charge in [0, 0.05) is 12.7 Å². The van der Waals surface area contributed by atoms with E-state index in [2.05, 4.69) is 25.7 Å². The van der Waals surface area contributed by atoms with Crippen LogP contribution in [0.25, 0.3) is 0 Å². The number of aromatic carboxylic acids is 1. The minimum absolute atomic E-state index is 0.0781. The predicted molar refractivity (Wildman–Crippen MR) is 66.1 cm³/mol. The number of hydrogen-bond donors (Lipinski definition) is 4. The average molecular weight is 264 g/mol. The molecule has 2 aromatic heterocycles. The smallest absolute Gasteiger partial charge is 0.354 e. The number of nitrogens with one attached hydrogen (secondary N) is 3. The molecule has 0 spiro atoms. The van der Waals surface area contributed by atoms with E-state index in [9.17, 15) is 9.59 Å². The number of carbonyl (C=O) groups is 2. The van der Waals surface area contributed by atoms with Crippen molar-refractivity contribution in [1.29, 1.82) is 0 Å². The van der Waals surface area contributed by atoms with Crippen molar-refractivity contribution in [2.45, 2.75) is 6.92 Å². The Hall–Kier alpha value is -2.84. The summed E-state index contributed by atoms with van der Waals surface area (Å²) in [6.45, 7) is 1.69. The fraction of sp³-hybridized carbons (Fsp3) is 0.200. The van der Waals surface area contributed by atoms with Crippen LogP contribution in [0.2, 0.25) is 0 Å². The molecular formula is C10H12N6O3. The number of amides is 2. The molecule has 0 radical (unpaired) electrons. The van der Waals surface area contributed by atoms with Crippen molar-refractivity contribution in [3.05, 3.63) is 23.8 Å². The first-order valence-corrected chi connectivity index (χ1v) is 5.32. The Labute approximate surface area is 107 Å². The number of H-pyrrole nitrogens is 1. The standard InChI is InChI=1S/C10H12N6O3/c1-5-3-6(7(13-5)8(17)18)14-10(19)15-9-11-4-12-16(9)2/h3-4,13H,1-2H3,(H,17,18)(H2,11,12,14,15,19). The first kappa shape index (κ1) is 12.6. The van der Waals surface area contributed by atoms with E-state index in [0.717, 1.165) is 0 Å². The molecule has 2 rings (SSSR count). The number of rotatable bonds is 3. The number of carboxylic acid groups (broad SMARTS) is 1. The number of carboxylic acids is 1. The van der Waals surface area contributed by atoms with Crippen molar-refractivity contribution < 1.29 is 14.7 Å².